The third-order valence-corrected chi connectivity index (χ3v) is 4.12. The second-order valence-corrected chi connectivity index (χ2v) is 5.48. The molecular weight excluding hydrogens is 260 g/mol. The summed E-state index contributed by atoms with van der Waals surface area (Å²) in [5, 5.41) is 0. The third-order valence-electron chi connectivity index (χ3n) is 4.12. The van der Waals surface area contributed by atoms with Crippen molar-refractivity contribution >= 4 is 11.9 Å². The number of morpholine rings is 1. The maximum Gasteiger partial charge on any atom is 0.308 e. The van der Waals surface area contributed by atoms with E-state index in [4.69, 9.17) is 4.74 Å². The Kier molecular flexibility index (Phi) is 5.37. The Bertz CT molecular complexity index is 355. The van der Waals surface area contributed by atoms with Crippen LogP contribution in [0.1, 0.15) is 26.2 Å². The van der Waals surface area contributed by atoms with Crippen molar-refractivity contribution in [2.24, 2.45) is 0 Å². The Hall–Kier alpha value is -1.14. The number of esters is 1. The van der Waals surface area contributed by atoms with Gasteiger partial charge in [0.15, 0.2) is 0 Å². The second kappa shape index (κ2) is 7.04. The van der Waals surface area contributed by atoms with Crippen molar-refractivity contribution in [1.29, 1.82) is 0 Å². The van der Waals surface area contributed by atoms with Gasteiger partial charge in [0.2, 0.25) is 5.91 Å². The predicted molar refractivity (Wildman–Crippen MR) is 73.2 cm³/mol. The molecule has 0 bridgehead atoms. The minimum Gasteiger partial charge on any atom is -0.469 e. The first-order chi connectivity index (χ1) is 9.61. The molecule has 6 heteroatoms. The van der Waals surface area contributed by atoms with Crippen LogP contribution in [0.5, 0.6) is 0 Å². The van der Waals surface area contributed by atoms with E-state index in [0.29, 0.717) is 13.2 Å². The average molecular weight is 284 g/mol. The first-order valence-corrected chi connectivity index (χ1v) is 7.33. The van der Waals surface area contributed by atoms with Crippen LogP contribution in [-0.4, -0.2) is 73.7 Å². The van der Waals surface area contributed by atoms with Gasteiger partial charge in [0.05, 0.1) is 32.3 Å². The maximum absolute atomic E-state index is 12.4. The molecule has 20 heavy (non-hydrogen) atoms. The van der Waals surface area contributed by atoms with Gasteiger partial charge in [-0.05, 0) is 19.8 Å². The molecule has 2 fully saturated rings. The van der Waals surface area contributed by atoms with Gasteiger partial charge < -0.3 is 14.4 Å². The zero-order valence-corrected chi connectivity index (χ0v) is 12.3. The summed E-state index contributed by atoms with van der Waals surface area (Å²) in [5.41, 5.74) is 0. The van der Waals surface area contributed by atoms with Crippen LogP contribution >= 0.6 is 0 Å². The Morgan fingerprint density at radius 2 is 2.00 bits per heavy atom. The quantitative estimate of drug-likeness (QED) is 0.693. The summed E-state index contributed by atoms with van der Waals surface area (Å²) in [6.45, 7) is 5.59. The largest absolute Gasteiger partial charge is 0.469 e. The SMILES string of the molecule is COC(=O)CC1CN(C(C)C(=O)N2CCCC2)CCO1. The molecule has 2 aliphatic rings. The van der Waals surface area contributed by atoms with Gasteiger partial charge in [-0.1, -0.05) is 0 Å². The van der Waals surface area contributed by atoms with Crippen molar-refractivity contribution < 1.29 is 19.1 Å². The van der Waals surface area contributed by atoms with Gasteiger partial charge in [-0.2, -0.15) is 0 Å². The van der Waals surface area contributed by atoms with Crippen molar-refractivity contribution in [3.8, 4) is 0 Å². The molecule has 0 aliphatic carbocycles. The van der Waals surface area contributed by atoms with Gasteiger partial charge in [-0.3, -0.25) is 14.5 Å². The van der Waals surface area contributed by atoms with E-state index in [2.05, 4.69) is 9.64 Å². The summed E-state index contributed by atoms with van der Waals surface area (Å²) in [4.78, 5) is 27.7. The Labute approximate surface area is 120 Å². The van der Waals surface area contributed by atoms with Crippen molar-refractivity contribution in [1.82, 2.24) is 9.80 Å². The minimum atomic E-state index is -0.268. The summed E-state index contributed by atoms with van der Waals surface area (Å²) in [7, 11) is 1.38. The molecule has 0 spiro atoms. The van der Waals surface area contributed by atoms with Gasteiger partial charge in [-0.25, -0.2) is 0 Å². The molecule has 1 amide bonds. The number of amides is 1. The second-order valence-electron chi connectivity index (χ2n) is 5.48. The van der Waals surface area contributed by atoms with E-state index in [-0.39, 0.29) is 30.4 Å². The number of carbonyl (C=O) groups excluding carboxylic acids is 2. The molecule has 2 aliphatic heterocycles. The van der Waals surface area contributed by atoms with Gasteiger partial charge in [0.1, 0.15) is 0 Å². The van der Waals surface area contributed by atoms with Crippen LogP contribution in [-0.2, 0) is 19.1 Å². The number of carbonyl (C=O) groups is 2. The normalized spacial score (nSPS) is 25.5. The molecular formula is C14H24N2O4. The monoisotopic (exact) mass is 284 g/mol. The summed E-state index contributed by atoms with van der Waals surface area (Å²) in [6, 6.07) is -0.142. The lowest BCUT2D eigenvalue weighted by Gasteiger charge is -2.37. The van der Waals surface area contributed by atoms with Crippen LogP contribution in [0.2, 0.25) is 0 Å². The van der Waals surface area contributed by atoms with Crippen molar-refractivity contribution in [3.05, 3.63) is 0 Å². The van der Waals surface area contributed by atoms with E-state index in [1.54, 1.807) is 0 Å². The molecule has 114 valence electrons. The fourth-order valence-corrected chi connectivity index (χ4v) is 2.84. The van der Waals surface area contributed by atoms with E-state index >= 15 is 0 Å². The van der Waals surface area contributed by atoms with Gasteiger partial charge in [0, 0.05) is 26.2 Å². The molecule has 6 nitrogen and oxygen atoms in total. The van der Waals surface area contributed by atoms with Gasteiger partial charge >= 0.3 is 5.97 Å². The first kappa shape index (κ1) is 15.3. The highest BCUT2D eigenvalue weighted by atomic mass is 16.5. The van der Waals surface area contributed by atoms with Crippen LogP contribution < -0.4 is 0 Å². The molecule has 2 unspecified atom stereocenters. The van der Waals surface area contributed by atoms with Crippen LogP contribution in [0.3, 0.4) is 0 Å². The lowest BCUT2D eigenvalue weighted by Crippen LogP contribution is -2.53. The summed E-state index contributed by atoms with van der Waals surface area (Å²) >= 11 is 0. The van der Waals surface area contributed by atoms with E-state index in [1.165, 1.54) is 7.11 Å². The average Bonchev–Trinajstić information content (AvgIpc) is 3.00. The molecule has 2 atom stereocenters. The molecule has 0 aromatic rings. The number of rotatable bonds is 4. The molecule has 0 aromatic carbocycles. The maximum atomic E-state index is 12.4. The van der Waals surface area contributed by atoms with E-state index < -0.39 is 0 Å². The van der Waals surface area contributed by atoms with Crippen molar-refractivity contribution in [3.63, 3.8) is 0 Å². The standard InChI is InChI=1S/C14H24N2O4/c1-11(14(18)15-5-3-4-6-15)16-7-8-20-12(10-16)9-13(17)19-2/h11-12H,3-10H2,1-2H3. The minimum absolute atomic E-state index is 0.142. The number of hydrogen-bond donors (Lipinski definition) is 0. The Morgan fingerprint density at radius 1 is 1.30 bits per heavy atom. The van der Waals surface area contributed by atoms with Gasteiger partial charge in [-0.15, -0.1) is 0 Å². The van der Waals surface area contributed by atoms with Crippen LogP contribution in [0.15, 0.2) is 0 Å². The van der Waals surface area contributed by atoms with Crippen LogP contribution in [0.25, 0.3) is 0 Å². The van der Waals surface area contributed by atoms with E-state index in [9.17, 15) is 9.59 Å². The highest BCUT2D eigenvalue weighted by Gasteiger charge is 2.32. The fourth-order valence-electron chi connectivity index (χ4n) is 2.84. The summed E-state index contributed by atoms with van der Waals surface area (Å²) < 4.78 is 10.2. The topological polar surface area (TPSA) is 59.1 Å². The molecule has 2 saturated heterocycles. The highest BCUT2D eigenvalue weighted by Crippen LogP contribution is 2.16. The number of methoxy groups -OCH3 is 1. The Morgan fingerprint density at radius 3 is 2.65 bits per heavy atom. The third kappa shape index (κ3) is 3.70. The molecule has 2 rings (SSSR count). The fraction of sp³-hybridized carbons (Fsp3) is 0.857. The zero-order chi connectivity index (χ0) is 14.5. The van der Waals surface area contributed by atoms with E-state index in [1.807, 2.05) is 11.8 Å². The highest BCUT2D eigenvalue weighted by molar-refractivity contribution is 5.81. The first-order valence-electron chi connectivity index (χ1n) is 7.33. The molecule has 2 heterocycles. The lowest BCUT2D eigenvalue weighted by molar-refractivity contribution is -0.147. The Balaban J connectivity index is 1.87. The number of likely N-dealkylation sites (tertiary alicyclic amines) is 1. The molecule has 0 N–H and O–H groups in total. The predicted octanol–water partition coefficient (Wildman–Crippen LogP) is 0.261. The summed E-state index contributed by atoms with van der Waals surface area (Å²) in [6.07, 6.45) is 2.28. The number of hydrogen-bond acceptors (Lipinski definition) is 5. The van der Waals surface area contributed by atoms with Crippen molar-refractivity contribution in [2.75, 3.05) is 39.9 Å². The smallest absolute Gasteiger partial charge is 0.308 e. The van der Waals surface area contributed by atoms with Crippen LogP contribution in [0.4, 0.5) is 0 Å². The number of ether oxygens (including phenoxy) is 2. The molecule has 0 aromatic heterocycles. The van der Waals surface area contributed by atoms with Gasteiger partial charge in [0.25, 0.3) is 0 Å². The van der Waals surface area contributed by atoms with E-state index in [0.717, 1.165) is 32.5 Å². The summed E-state index contributed by atoms with van der Waals surface area (Å²) in [5.74, 6) is -0.0726. The van der Waals surface area contributed by atoms with Crippen molar-refractivity contribution in [2.45, 2.75) is 38.3 Å². The number of nitrogens with zero attached hydrogens (tertiary/aromatic N) is 2. The molecule has 0 radical (unpaired) electrons. The lowest BCUT2D eigenvalue weighted by atomic mass is 10.1. The zero-order valence-electron chi connectivity index (χ0n) is 12.3. The van der Waals surface area contributed by atoms with Crippen LogP contribution in [0, 0.1) is 0 Å². The molecule has 0 saturated carbocycles.